The summed E-state index contributed by atoms with van der Waals surface area (Å²) in [5, 5.41) is 2.84. The Morgan fingerprint density at radius 2 is 1.80 bits per heavy atom. The fourth-order valence-electron chi connectivity index (χ4n) is 3.48. The van der Waals surface area contributed by atoms with Crippen molar-refractivity contribution in [1.82, 2.24) is 30.1 Å². The standard InChI is InChI=1S/C22H26N6O2/c29-22(25-7-6-19-14-23-8-9-24-19)20-17-30-21(26-20)16-28-12-10-27(11-13-28)15-18-4-2-1-3-5-18/h1-5,8-9,14,17H,6-7,10-13,15-16H2,(H,25,29). The molecule has 1 amide bonds. The van der Waals surface area contributed by atoms with Crippen LogP contribution in [0.5, 0.6) is 0 Å². The van der Waals surface area contributed by atoms with E-state index < -0.39 is 0 Å². The summed E-state index contributed by atoms with van der Waals surface area (Å²) in [6.07, 6.45) is 7.01. The Kier molecular flexibility index (Phi) is 6.79. The van der Waals surface area contributed by atoms with Gasteiger partial charge in [0.1, 0.15) is 6.26 Å². The minimum atomic E-state index is -0.235. The first-order chi connectivity index (χ1) is 14.8. The second-order valence-electron chi connectivity index (χ2n) is 7.37. The third-order valence-electron chi connectivity index (χ3n) is 5.14. The average Bonchev–Trinajstić information content (AvgIpc) is 3.25. The van der Waals surface area contributed by atoms with Crippen LogP contribution in [0.25, 0.3) is 0 Å². The maximum Gasteiger partial charge on any atom is 0.273 e. The van der Waals surface area contributed by atoms with Crippen LogP contribution in [-0.2, 0) is 19.5 Å². The topological polar surface area (TPSA) is 87.4 Å². The van der Waals surface area contributed by atoms with Gasteiger partial charge >= 0.3 is 0 Å². The summed E-state index contributed by atoms with van der Waals surface area (Å²) in [4.78, 5) is 29.6. The molecule has 0 spiro atoms. The first-order valence-corrected chi connectivity index (χ1v) is 10.2. The summed E-state index contributed by atoms with van der Waals surface area (Å²) in [5.74, 6) is 0.340. The number of piperazine rings is 1. The molecular formula is C22H26N6O2. The van der Waals surface area contributed by atoms with Gasteiger partial charge in [-0.05, 0) is 5.56 Å². The molecule has 1 saturated heterocycles. The quantitative estimate of drug-likeness (QED) is 0.610. The molecule has 8 heteroatoms. The fraction of sp³-hybridized carbons (Fsp3) is 0.364. The van der Waals surface area contributed by atoms with Crippen LogP contribution < -0.4 is 5.32 Å². The Bertz CT molecular complexity index is 923. The number of nitrogens with one attached hydrogen (secondary N) is 1. The molecule has 0 atom stereocenters. The van der Waals surface area contributed by atoms with Gasteiger partial charge in [-0.3, -0.25) is 24.6 Å². The molecule has 3 aromatic rings. The van der Waals surface area contributed by atoms with Crippen molar-refractivity contribution in [3.8, 4) is 0 Å². The van der Waals surface area contributed by atoms with E-state index in [0.29, 0.717) is 31.1 Å². The predicted octanol–water partition coefficient (Wildman–Crippen LogP) is 1.75. The lowest BCUT2D eigenvalue weighted by molar-refractivity contribution is 0.0948. The largest absolute Gasteiger partial charge is 0.447 e. The molecule has 8 nitrogen and oxygen atoms in total. The lowest BCUT2D eigenvalue weighted by Crippen LogP contribution is -2.45. The molecule has 1 N–H and O–H groups in total. The zero-order valence-corrected chi connectivity index (χ0v) is 16.9. The average molecular weight is 406 g/mol. The van der Waals surface area contributed by atoms with Gasteiger partial charge in [0.25, 0.3) is 5.91 Å². The number of hydrogen-bond donors (Lipinski definition) is 1. The molecule has 1 fully saturated rings. The molecule has 1 aromatic carbocycles. The molecular weight excluding hydrogens is 380 g/mol. The SMILES string of the molecule is O=C(NCCc1cnccn1)c1coc(CN2CCN(Cc3ccccc3)CC2)n1. The Hall–Kier alpha value is -3.10. The fourth-order valence-corrected chi connectivity index (χ4v) is 3.48. The van der Waals surface area contributed by atoms with Gasteiger partial charge in [0.15, 0.2) is 5.69 Å². The van der Waals surface area contributed by atoms with Crippen molar-refractivity contribution >= 4 is 5.91 Å². The van der Waals surface area contributed by atoms with Gasteiger partial charge in [-0.1, -0.05) is 30.3 Å². The maximum atomic E-state index is 12.3. The summed E-state index contributed by atoms with van der Waals surface area (Å²) >= 11 is 0. The van der Waals surface area contributed by atoms with Crippen molar-refractivity contribution in [1.29, 1.82) is 0 Å². The highest BCUT2D eigenvalue weighted by Gasteiger charge is 2.20. The number of carbonyl (C=O) groups is 1. The molecule has 0 unspecified atom stereocenters. The number of benzene rings is 1. The summed E-state index contributed by atoms with van der Waals surface area (Å²) in [6, 6.07) is 10.5. The van der Waals surface area contributed by atoms with Crippen molar-refractivity contribution in [2.24, 2.45) is 0 Å². The molecule has 0 aliphatic carbocycles. The van der Waals surface area contributed by atoms with Gasteiger partial charge in [-0.15, -0.1) is 0 Å². The van der Waals surface area contributed by atoms with E-state index in [1.807, 2.05) is 6.07 Å². The summed E-state index contributed by atoms with van der Waals surface area (Å²) in [5.41, 5.74) is 2.49. The van der Waals surface area contributed by atoms with Crippen LogP contribution in [0, 0.1) is 0 Å². The summed E-state index contributed by atoms with van der Waals surface area (Å²) < 4.78 is 5.53. The van der Waals surface area contributed by atoms with Gasteiger partial charge < -0.3 is 9.73 Å². The van der Waals surface area contributed by atoms with Gasteiger partial charge in [0.05, 0.1) is 12.2 Å². The van der Waals surface area contributed by atoms with Crippen LogP contribution >= 0.6 is 0 Å². The molecule has 1 aliphatic rings. The van der Waals surface area contributed by atoms with E-state index in [0.717, 1.165) is 38.4 Å². The maximum absolute atomic E-state index is 12.3. The number of aromatic nitrogens is 3. The van der Waals surface area contributed by atoms with Crippen LogP contribution in [0.1, 0.15) is 27.6 Å². The van der Waals surface area contributed by atoms with Crippen LogP contribution in [0.15, 0.2) is 59.6 Å². The summed E-state index contributed by atoms with van der Waals surface area (Å²) in [7, 11) is 0. The van der Waals surface area contributed by atoms with Crippen molar-refractivity contribution in [3.63, 3.8) is 0 Å². The minimum Gasteiger partial charge on any atom is -0.447 e. The van der Waals surface area contributed by atoms with E-state index in [-0.39, 0.29) is 5.91 Å². The first kappa shape index (κ1) is 20.2. The molecule has 156 valence electrons. The summed E-state index contributed by atoms with van der Waals surface area (Å²) in [6.45, 7) is 5.99. The first-order valence-electron chi connectivity index (χ1n) is 10.2. The molecule has 30 heavy (non-hydrogen) atoms. The van der Waals surface area contributed by atoms with Gasteiger partial charge in [0.2, 0.25) is 5.89 Å². The molecule has 0 saturated carbocycles. The van der Waals surface area contributed by atoms with E-state index in [9.17, 15) is 4.79 Å². The number of rotatable bonds is 8. The van der Waals surface area contributed by atoms with Crippen molar-refractivity contribution in [2.45, 2.75) is 19.5 Å². The van der Waals surface area contributed by atoms with Gasteiger partial charge in [-0.2, -0.15) is 0 Å². The Balaban J connectivity index is 1.19. The van der Waals surface area contributed by atoms with Crippen LogP contribution in [0.4, 0.5) is 0 Å². The van der Waals surface area contributed by atoms with E-state index in [4.69, 9.17) is 4.42 Å². The number of carbonyl (C=O) groups excluding carboxylic acids is 1. The third-order valence-corrected chi connectivity index (χ3v) is 5.14. The Morgan fingerprint density at radius 3 is 2.53 bits per heavy atom. The van der Waals surface area contributed by atoms with Crippen LogP contribution in [0.3, 0.4) is 0 Å². The second kappa shape index (κ2) is 10.1. The van der Waals surface area contributed by atoms with Crippen molar-refractivity contribution < 1.29 is 9.21 Å². The van der Waals surface area contributed by atoms with Crippen LogP contribution in [0.2, 0.25) is 0 Å². The Morgan fingerprint density at radius 1 is 1.03 bits per heavy atom. The van der Waals surface area contributed by atoms with Crippen molar-refractivity contribution in [2.75, 3.05) is 32.7 Å². The molecule has 2 aromatic heterocycles. The number of nitrogens with zero attached hydrogens (tertiary/aromatic N) is 5. The lowest BCUT2D eigenvalue weighted by Gasteiger charge is -2.34. The zero-order valence-electron chi connectivity index (χ0n) is 16.9. The van der Waals surface area contributed by atoms with Gasteiger partial charge in [-0.25, -0.2) is 4.98 Å². The van der Waals surface area contributed by atoms with Gasteiger partial charge in [0, 0.05) is 64.3 Å². The number of hydrogen-bond acceptors (Lipinski definition) is 7. The number of amides is 1. The highest BCUT2D eigenvalue weighted by Crippen LogP contribution is 2.11. The normalized spacial score (nSPS) is 15.2. The van der Waals surface area contributed by atoms with E-state index in [2.05, 4.69) is 54.3 Å². The lowest BCUT2D eigenvalue weighted by atomic mass is 10.2. The predicted molar refractivity (Wildman–Crippen MR) is 112 cm³/mol. The zero-order chi connectivity index (χ0) is 20.6. The second-order valence-corrected chi connectivity index (χ2v) is 7.37. The Labute approximate surface area is 176 Å². The van der Waals surface area contributed by atoms with E-state index in [1.165, 1.54) is 11.8 Å². The van der Waals surface area contributed by atoms with Crippen LogP contribution in [-0.4, -0.2) is 63.4 Å². The molecule has 0 radical (unpaired) electrons. The number of oxazole rings is 1. The molecule has 0 bridgehead atoms. The molecule has 4 rings (SSSR count). The highest BCUT2D eigenvalue weighted by molar-refractivity contribution is 5.91. The highest BCUT2D eigenvalue weighted by atomic mass is 16.3. The van der Waals surface area contributed by atoms with E-state index >= 15 is 0 Å². The molecule has 3 heterocycles. The monoisotopic (exact) mass is 406 g/mol. The third kappa shape index (κ3) is 5.71. The van der Waals surface area contributed by atoms with Crippen molar-refractivity contribution in [3.05, 3.63) is 78.0 Å². The molecule has 1 aliphatic heterocycles. The minimum absolute atomic E-state index is 0.235. The smallest absolute Gasteiger partial charge is 0.273 e. The van der Waals surface area contributed by atoms with E-state index in [1.54, 1.807) is 18.6 Å².